The summed E-state index contributed by atoms with van der Waals surface area (Å²) in [5, 5.41) is 7.80. The van der Waals surface area contributed by atoms with Crippen LogP contribution in [0.3, 0.4) is 0 Å². The Hall–Kier alpha value is -1.88. The van der Waals surface area contributed by atoms with Gasteiger partial charge in [-0.05, 0) is 18.6 Å². The van der Waals surface area contributed by atoms with Crippen LogP contribution in [0, 0.1) is 6.92 Å². The van der Waals surface area contributed by atoms with Gasteiger partial charge in [0.2, 0.25) is 0 Å². The monoisotopic (exact) mass is 245 g/mol. The zero-order valence-corrected chi connectivity index (χ0v) is 10.1. The Balaban J connectivity index is 1.84. The van der Waals surface area contributed by atoms with Gasteiger partial charge in [-0.1, -0.05) is 28.6 Å². The van der Waals surface area contributed by atoms with Crippen LogP contribution in [0.1, 0.15) is 11.3 Å². The Morgan fingerprint density at radius 3 is 3.06 bits per heavy atom. The van der Waals surface area contributed by atoms with E-state index in [4.69, 9.17) is 4.52 Å². The predicted octanol–water partition coefficient (Wildman–Crippen LogP) is 3.20. The van der Waals surface area contributed by atoms with Gasteiger partial charge in [0, 0.05) is 6.07 Å². The average Bonchev–Trinajstić information content (AvgIpc) is 2.95. The normalized spacial score (nSPS) is 10.9. The van der Waals surface area contributed by atoms with Crippen LogP contribution >= 0.6 is 11.3 Å². The van der Waals surface area contributed by atoms with Gasteiger partial charge in [0.05, 0.1) is 23.0 Å². The molecule has 0 saturated carbocycles. The lowest BCUT2D eigenvalue weighted by molar-refractivity contribution is 0.388. The lowest BCUT2D eigenvalue weighted by atomic mass is 10.2. The molecule has 0 atom stereocenters. The Morgan fingerprint density at radius 2 is 2.29 bits per heavy atom. The molecule has 0 aliphatic heterocycles. The first-order valence-corrected chi connectivity index (χ1v) is 6.14. The minimum atomic E-state index is 0.610. The van der Waals surface area contributed by atoms with Crippen LogP contribution in [-0.2, 0) is 6.54 Å². The fourth-order valence-corrected chi connectivity index (χ4v) is 2.60. The van der Waals surface area contributed by atoms with Gasteiger partial charge in [-0.3, -0.25) is 0 Å². The zero-order valence-electron chi connectivity index (χ0n) is 9.30. The lowest BCUT2D eigenvalue weighted by Crippen LogP contribution is -1.97. The SMILES string of the molecule is Cc1cccc2sc(NCc3ccno3)nc12. The molecule has 3 rings (SSSR count). The highest BCUT2D eigenvalue weighted by molar-refractivity contribution is 7.22. The highest BCUT2D eigenvalue weighted by Crippen LogP contribution is 2.28. The molecule has 0 radical (unpaired) electrons. The number of fused-ring (bicyclic) bond motifs is 1. The summed E-state index contributed by atoms with van der Waals surface area (Å²) in [7, 11) is 0. The van der Waals surface area contributed by atoms with Crippen LogP contribution < -0.4 is 5.32 Å². The fraction of sp³-hybridized carbons (Fsp3) is 0.167. The summed E-state index contributed by atoms with van der Waals surface area (Å²) >= 11 is 1.65. The van der Waals surface area contributed by atoms with E-state index in [1.807, 2.05) is 6.07 Å². The second kappa shape index (κ2) is 4.18. The summed E-state index contributed by atoms with van der Waals surface area (Å²) in [6.07, 6.45) is 1.64. The summed E-state index contributed by atoms with van der Waals surface area (Å²) < 4.78 is 6.22. The summed E-state index contributed by atoms with van der Waals surface area (Å²) in [5.41, 5.74) is 2.27. The van der Waals surface area contributed by atoms with Gasteiger partial charge in [0.1, 0.15) is 0 Å². The van der Waals surface area contributed by atoms with Crippen molar-refractivity contribution in [3.8, 4) is 0 Å². The van der Waals surface area contributed by atoms with Crippen molar-refractivity contribution in [1.82, 2.24) is 10.1 Å². The number of aromatic nitrogens is 2. The first-order valence-electron chi connectivity index (χ1n) is 5.32. The van der Waals surface area contributed by atoms with Gasteiger partial charge in [-0.25, -0.2) is 4.98 Å². The van der Waals surface area contributed by atoms with E-state index in [2.05, 4.69) is 40.6 Å². The topological polar surface area (TPSA) is 51.0 Å². The summed E-state index contributed by atoms with van der Waals surface area (Å²) in [4.78, 5) is 4.56. The predicted molar refractivity (Wildman–Crippen MR) is 68.2 cm³/mol. The van der Waals surface area contributed by atoms with Crippen LogP contribution in [0.2, 0.25) is 0 Å². The van der Waals surface area contributed by atoms with Crippen molar-refractivity contribution in [3.63, 3.8) is 0 Å². The maximum Gasteiger partial charge on any atom is 0.184 e. The molecule has 0 fully saturated rings. The van der Waals surface area contributed by atoms with E-state index in [0.717, 1.165) is 16.4 Å². The first kappa shape index (κ1) is 10.3. The molecule has 0 unspecified atom stereocenters. The maximum absolute atomic E-state index is 5.02. The van der Waals surface area contributed by atoms with Gasteiger partial charge < -0.3 is 9.84 Å². The molecule has 0 spiro atoms. The number of nitrogens with zero attached hydrogens (tertiary/aromatic N) is 2. The molecule has 2 heterocycles. The average molecular weight is 245 g/mol. The minimum absolute atomic E-state index is 0.610. The van der Waals surface area contributed by atoms with Crippen LogP contribution in [-0.4, -0.2) is 10.1 Å². The van der Waals surface area contributed by atoms with Crippen molar-refractivity contribution in [2.75, 3.05) is 5.32 Å². The molecule has 0 amide bonds. The van der Waals surface area contributed by atoms with Crippen molar-refractivity contribution in [3.05, 3.63) is 41.8 Å². The Bertz CT molecular complexity index is 630. The molecule has 4 nitrogen and oxygen atoms in total. The number of para-hydroxylation sites is 1. The smallest absolute Gasteiger partial charge is 0.184 e. The van der Waals surface area contributed by atoms with Gasteiger partial charge in [0.15, 0.2) is 10.9 Å². The number of nitrogens with one attached hydrogen (secondary N) is 1. The zero-order chi connectivity index (χ0) is 11.7. The molecular weight excluding hydrogens is 234 g/mol. The molecule has 0 bridgehead atoms. The van der Waals surface area contributed by atoms with Crippen molar-refractivity contribution in [2.24, 2.45) is 0 Å². The third kappa shape index (κ3) is 2.01. The molecule has 1 aromatic carbocycles. The number of anilines is 1. The molecule has 0 saturated heterocycles. The highest BCUT2D eigenvalue weighted by atomic mass is 32.1. The van der Waals surface area contributed by atoms with E-state index in [0.29, 0.717) is 6.54 Å². The van der Waals surface area contributed by atoms with E-state index in [1.54, 1.807) is 17.5 Å². The quantitative estimate of drug-likeness (QED) is 0.769. The number of hydrogen-bond donors (Lipinski definition) is 1. The first-order chi connectivity index (χ1) is 8.33. The molecule has 3 aromatic rings. The third-order valence-corrected chi connectivity index (χ3v) is 3.50. The van der Waals surface area contributed by atoms with Gasteiger partial charge in [-0.15, -0.1) is 0 Å². The summed E-state index contributed by atoms with van der Waals surface area (Å²) in [5.74, 6) is 0.806. The second-order valence-electron chi connectivity index (χ2n) is 3.77. The molecule has 2 aromatic heterocycles. The van der Waals surface area contributed by atoms with E-state index in [1.165, 1.54) is 10.3 Å². The van der Waals surface area contributed by atoms with Gasteiger partial charge in [0.25, 0.3) is 0 Å². The molecule has 1 N–H and O–H groups in total. The summed E-state index contributed by atoms with van der Waals surface area (Å²) in [6, 6.07) is 8.05. The number of aryl methyl sites for hydroxylation is 1. The highest BCUT2D eigenvalue weighted by Gasteiger charge is 2.05. The van der Waals surface area contributed by atoms with Gasteiger partial charge in [-0.2, -0.15) is 0 Å². The molecular formula is C12H11N3OS. The van der Waals surface area contributed by atoms with Crippen LogP contribution in [0.4, 0.5) is 5.13 Å². The molecule has 86 valence electrons. The Morgan fingerprint density at radius 1 is 1.35 bits per heavy atom. The van der Waals surface area contributed by atoms with Crippen molar-refractivity contribution in [2.45, 2.75) is 13.5 Å². The van der Waals surface area contributed by atoms with Crippen molar-refractivity contribution in [1.29, 1.82) is 0 Å². The van der Waals surface area contributed by atoms with Crippen LogP contribution in [0.5, 0.6) is 0 Å². The molecule has 17 heavy (non-hydrogen) atoms. The van der Waals surface area contributed by atoms with Crippen molar-refractivity contribution < 1.29 is 4.52 Å². The van der Waals surface area contributed by atoms with E-state index >= 15 is 0 Å². The maximum atomic E-state index is 5.02. The standard InChI is InChI=1S/C12H11N3OS/c1-8-3-2-4-10-11(8)15-12(17-10)13-7-9-5-6-14-16-9/h2-6H,7H2,1H3,(H,13,15). The molecule has 5 heteroatoms. The van der Waals surface area contributed by atoms with E-state index in [-0.39, 0.29) is 0 Å². The Labute approximate surface area is 102 Å². The number of thiazole rings is 1. The largest absolute Gasteiger partial charge is 0.360 e. The van der Waals surface area contributed by atoms with Crippen molar-refractivity contribution >= 4 is 26.7 Å². The number of rotatable bonds is 3. The van der Waals surface area contributed by atoms with E-state index in [9.17, 15) is 0 Å². The Kier molecular flexibility index (Phi) is 2.53. The lowest BCUT2D eigenvalue weighted by Gasteiger charge is -1.96. The number of hydrogen-bond acceptors (Lipinski definition) is 5. The summed E-state index contributed by atoms with van der Waals surface area (Å²) in [6.45, 7) is 2.68. The van der Waals surface area contributed by atoms with Gasteiger partial charge >= 0.3 is 0 Å². The molecule has 0 aliphatic rings. The van der Waals surface area contributed by atoms with E-state index < -0.39 is 0 Å². The fourth-order valence-electron chi connectivity index (χ4n) is 1.66. The van der Waals surface area contributed by atoms with Crippen LogP contribution in [0.15, 0.2) is 35.0 Å². The second-order valence-corrected chi connectivity index (χ2v) is 4.80. The van der Waals surface area contributed by atoms with Crippen LogP contribution in [0.25, 0.3) is 10.2 Å². The third-order valence-electron chi connectivity index (χ3n) is 2.53. The minimum Gasteiger partial charge on any atom is -0.360 e. The molecule has 0 aliphatic carbocycles. The number of benzene rings is 1.